The SMILES string of the molecule is Oc1cccc(-c2cnn(C(c3ccccc3)(c3ccccc3)c3ccccc3)c2)c1. The van der Waals surface area contributed by atoms with Crippen LogP contribution < -0.4 is 0 Å². The number of phenols is 1. The van der Waals surface area contributed by atoms with Gasteiger partial charge in [-0.15, -0.1) is 0 Å². The van der Waals surface area contributed by atoms with Gasteiger partial charge in [-0.2, -0.15) is 5.10 Å². The lowest BCUT2D eigenvalue weighted by atomic mass is 9.77. The molecule has 5 rings (SSSR count). The molecule has 0 radical (unpaired) electrons. The van der Waals surface area contributed by atoms with Crippen molar-refractivity contribution in [1.29, 1.82) is 0 Å². The number of hydrogen-bond acceptors (Lipinski definition) is 2. The van der Waals surface area contributed by atoms with Crippen LogP contribution in [0.2, 0.25) is 0 Å². The van der Waals surface area contributed by atoms with Gasteiger partial charge in [0, 0.05) is 11.8 Å². The third kappa shape index (κ3) is 3.30. The van der Waals surface area contributed by atoms with Crippen LogP contribution in [0.3, 0.4) is 0 Å². The standard InChI is InChI=1S/C28H22N2O/c31-27-18-10-11-22(19-27)23-20-29-30(21-23)28(24-12-4-1-5-13-24,25-14-6-2-7-15-25)26-16-8-3-9-17-26/h1-21,31H. The van der Waals surface area contributed by atoms with Crippen LogP contribution in [0.25, 0.3) is 11.1 Å². The summed E-state index contributed by atoms with van der Waals surface area (Å²) in [6, 6.07) is 38.6. The van der Waals surface area contributed by atoms with E-state index in [4.69, 9.17) is 5.10 Å². The lowest BCUT2D eigenvalue weighted by Crippen LogP contribution is -2.38. The molecule has 0 aliphatic rings. The Bertz CT molecular complexity index is 1180. The molecular weight excluding hydrogens is 380 g/mol. The molecule has 3 nitrogen and oxygen atoms in total. The summed E-state index contributed by atoms with van der Waals surface area (Å²) in [5, 5.41) is 14.8. The van der Waals surface area contributed by atoms with Gasteiger partial charge >= 0.3 is 0 Å². The predicted octanol–water partition coefficient (Wildman–Crippen LogP) is 6.10. The molecule has 0 unspecified atom stereocenters. The molecule has 0 aliphatic carbocycles. The summed E-state index contributed by atoms with van der Waals surface area (Å²) in [5.41, 5.74) is 4.60. The summed E-state index contributed by atoms with van der Waals surface area (Å²) >= 11 is 0. The zero-order chi connectivity index (χ0) is 21.1. The molecule has 1 heterocycles. The summed E-state index contributed by atoms with van der Waals surface area (Å²) in [4.78, 5) is 0. The van der Waals surface area contributed by atoms with Crippen LogP contribution in [0.5, 0.6) is 5.75 Å². The molecule has 0 aliphatic heterocycles. The Morgan fingerprint density at radius 3 is 1.58 bits per heavy atom. The number of aromatic hydroxyl groups is 1. The molecule has 1 N–H and O–H groups in total. The first-order chi connectivity index (χ1) is 15.3. The number of nitrogens with zero attached hydrogens (tertiary/aromatic N) is 2. The van der Waals surface area contributed by atoms with E-state index in [0.717, 1.165) is 27.8 Å². The second-order valence-corrected chi connectivity index (χ2v) is 7.53. The largest absolute Gasteiger partial charge is 0.508 e. The van der Waals surface area contributed by atoms with Crippen LogP contribution in [0.1, 0.15) is 16.7 Å². The lowest BCUT2D eigenvalue weighted by Gasteiger charge is -2.36. The molecule has 0 saturated carbocycles. The average molecular weight is 402 g/mol. The van der Waals surface area contributed by atoms with E-state index in [1.807, 2.05) is 41.2 Å². The number of phenolic OH excluding ortho intramolecular Hbond substituents is 1. The van der Waals surface area contributed by atoms with E-state index in [2.05, 4.69) is 79.0 Å². The fraction of sp³-hybridized carbons (Fsp3) is 0.0357. The van der Waals surface area contributed by atoms with Gasteiger partial charge in [0.05, 0.1) is 6.20 Å². The Hall–Kier alpha value is -4.11. The highest BCUT2D eigenvalue weighted by atomic mass is 16.3. The Morgan fingerprint density at radius 1 is 0.581 bits per heavy atom. The fourth-order valence-corrected chi connectivity index (χ4v) is 4.28. The van der Waals surface area contributed by atoms with Gasteiger partial charge in [-0.1, -0.05) is 103 Å². The van der Waals surface area contributed by atoms with Gasteiger partial charge in [-0.05, 0) is 34.4 Å². The highest BCUT2D eigenvalue weighted by molar-refractivity contribution is 5.64. The molecule has 150 valence electrons. The third-order valence-electron chi connectivity index (χ3n) is 5.68. The summed E-state index contributed by atoms with van der Waals surface area (Å²) in [6.07, 6.45) is 3.92. The molecule has 0 amide bonds. The second kappa shape index (κ2) is 7.96. The fourth-order valence-electron chi connectivity index (χ4n) is 4.28. The zero-order valence-electron chi connectivity index (χ0n) is 17.0. The molecule has 0 spiro atoms. The molecule has 4 aromatic carbocycles. The summed E-state index contributed by atoms with van der Waals surface area (Å²) in [6.45, 7) is 0. The minimum absolute atomic E-state index is 0.241. The first kappa shape index (κ1) is 18.9. The number of hydrogen-bond donors (Lipinski definition) is 1. The van der Waals surface area contributed by atoms with Gasteiger partial charge < -0.3 is 5.11 Å². The third-order valence-corrected chi connectivity index (χ3v) is 5.68. The number of rotatable bonds is 5. The minimum atomic E-state index is -0.640. The highest BCUT2D eigenvalue weighted by Gasteiger charge is 2.39. The van der Waals surface area contributed by atoms with E-state index < -0.39 is 5.54 Å². The smallest absolute Gasteiger partial charge is 0.138 e. The molecule has 3 heteroatoms. The molecule has 0 fully saturated rings. The Morgan fingerprint density at radius 2 is 1.10 bits per heavy atom. The van der Waals surface area contributed by atoms with Crippen molar-refractivity contribution in [2.75, 3.05) is 0 Å². The van der Waals surface area contributed by atoms with Crippen molar-refractivity contribution in [3.63, 3.8) is 0 Å². The van der Waals surface area contributed by atoms with Gasteiger partial charge in [-0.25, -0.2) is 0 Å². The second-order valence-electron chi connectivity index (χ2n) is 7.53. The van der Waals surface area contributed by atoms with Gasteiger partial charge in [0.25, 0.3) is 0 Å². The van der Waals surface area contributed by atoms with Crippen molar-refractivity contribution in [2.45, 2.75) is 5.54 Å². The quantitative estimate of drug-likeness (QED) is 0.361. The van der Waals surface area contributed by atoms with Crippen LogP contribution in [-0.4, -0.2) is 14.9 Å². The van der Waals surface area contributed by atoms with Crippen molar-refractivity contribution in [3.05, 3.63) is 144 Å². The maximum atomic E-state index is 9.95. The average Bonchev–Trinajstić information content (AvgIpc) is 3.32. The van der Waals surface area contributed by atoms with Gasteiger partial charge in [0.2, 0.25) is 0 Å². The van der Waals surface area contributed by atoms with Gasteiger partial charge in [0.15, 0.2) is 0 Å². The topological polar surface area (TPSA) is 38.1 Å². The van der Waals surface area contributed by atoms with E-state index >= 15 is 0 Å². The van der Waals surface area contributed by atoms with Crippen molar-refractivity contribution in [3.8, 4) is 16.9 Å². The Kier molecular flexibility index (Phi) is 4.85. The summed E-state index contributed by atoms with van der Waals surface area (Å²) in [7, 11) is 0. The number of benzene rings is 4. The van der Waals surface area contributed by atoms with Crippen LogP contribution >= 0.6 is 0 Å². The van der Waals surface area contributed by atoms with Crippen molar-refractivity contribution < 1.29 is 5.11 Å². The normalized spacial score (nSPS) is 11.4. The maximum absolute atomic E-state index is 9.95. The van der Waals surface area contributed by atoms with Crippen molar-refractivity contribution in [2.24, 2.45) is 0 Å². The Balaban J connectivity index is 1.81. The van der Waals surface area contributed by atoms with E-state index in [1.54, 1.807) is 12.1 Å². The van der Waals surface area contributed by atoms with Gasteiger partial charge in [-0.3, -0.25) is 4.68 Å². The maximum Gasteiger partial charge on any atom is 0.138 e. The number of aromatic nitrogens is 2. The van der Waals surface area contributed by atoms with Gasteiger partial charge in [0.1, 0.15) is 11.3 Å². The summed E-state index contributed by atoms with van der Waals surface area (Å²) < 4.78 is 2.03. The van der Waals surface area contributed by atoms with Crippen LogP contribution in [0.15, 0.2) is 128 Å². The minimum Gasteiger partial charge on any atom is -0.508 e. The lowest BCUT2D eigenvalue weighted by molar-refractivity contribution is 0.460. The monoisotopic (exact) mass is 402 g/mol. The summed E-state index contributed by atoms with van der Waals surface area (Å²) in [5.74, 6) is 0.241. The van der Waals surface area contributed by atoms with E-state index in [0.29, 0.717) is 0 Å². The van der Waals surface area contributed by atoms with E-state index in [9.17, 15) is 5.11 Å². The van der Waals surface area contributed by atoms with Crippen LogP contribution in [0, 0.1) is 0 Å². The molecule has 0 bridgehead atoms. The van der Waals surface area contributed by atoms with Crippen LogP contribution in [-0.2, 0) is 5.54 Å². The van der Waals surface area contributed by atoms with Crippen LogP contribution in [0.4, 0.5) is 0 Å². The van der Waals surface area contributed by atoms with Crippen molar-refractivity contribution >= 4 is 0 Å². The van der Waals surface area contributed by atoms with Crippen molar-refractivity contribution in [1.82, 2.24) is 9.78 Å². The molecule has 31 heavy (non-hydrogen) atoms. The predicted molar refractivity (Wildman–Crippen MR) is 124 cm³/mol. The molecule has 0 atom stereocenters. The molecule has 5 aromatic rings. The molecular formula is C28H22N2O. The van der Waals surface area contributed by atoms with E-state index in [1.165, 1.54) is 0 Å². The Labute approximate surface area is 181 Å². The first-order valence-corrected chi connectivity index (χ1v) is 10.3. The molecule has 1 aromatic heterocycles. The molecule has 0 saturated heterocycles. The zero-order valence-corrected chi connectivity index (χ0v) is 17.0. The first-order valence-electron chi connectivity index (χ1n) is 10.3. The highest BCUT2D eigenvalue weighted by Crippen LogP contribution is 2.41. The van der Waals surface area contributed by atoms with E-state index in [-0.39, 0.29) is 5.75 Å².